The van der Waals surface area contributed by atoms with Gasteiger partial charge in [-0.3, -0.25) is 9.69 Å². The lowest BCUT2D eigenvalue weighted by molar-refractivity contribution is 0.0911. The first-order chi connectivity index (χ1) is 7.54. The first-order valence-electron chi connectivity index (χ1n) is 5.61. The Morgan fingerprint density at radius 2 is 1.88 bits per heavy atom. The topological polar surface area (TPSA) is 40.5 Å². The van der Waals surface area contributed by atoms with Crippen molar-refractivity contribution < 1.29 is 9.90 Å². The average molecular weight is 221 g/mol. The van der Waals surface area contributed by atoms with E-state index in [2.05, 4.69) is 18.7 Å². The van der Waals surface area contributed by atoms with Gasteiger partial charge in [-0.25, -0.2) is 0 Å². The van der Waals surface area contributed by atoms with Crippen LogP contribution in [-0.2, 0) is 0 Å². The summed E-state index contributed by atoms with van der Waals surface area (Å²) >= 11 is 0. The SMILES string of the molecule is CCN(CC(=O)c1ccc(O)cc1)C(C)C. The molecule has 1 aromatic rings. The zero-order chi connectivity index (χ0) is 12.1. The van der Waals surface area contributed by atoms with Gasteiger partial charge >= 0.3 is 0 Å². The molecule has 1 N–H and O–H groups in total. The summed E-state index contributed by atoms with van der Waals surface area (Å²) < 4.78 is 0. The van der Waals surface area contributed by atoms with E-state index < -0.39 is 0 Å². The second-order valence-corrected chi connectivity index (χ2v) is 4.13. The minimum Gasteiger partial charge on any atom is -0.508 e. The number of benzene rings is 1. The second kappa shape index (κ2) is 5.66. The first kappa shape index (κ1) is 12.7. The molecule has 0 aliphatic heterocycles. The van der Waals surface area contributed by atoms with E-state index in [1.807, 2.05) is 6.92 Å². The Labute approximate surface area is 96.7 Å². The van der Waals surface area contributed by atoms with Crippen LogP contribution in [0.5, 0.6) is 5.75 Å². The highest BCUT2D eigenvalue weighted by Gasteiger charge is 2.13. The maximum Gasteiger partial charge on any atom is 0.176 e. The number of phenolic OH excluding ortho intramolecular Hbond substituents is 1. The van der Waals surface area contributed by atoms with Crippen molar-refractivity contribution in [2.24, 2.45) is 0 Å². The molecule has 1 rings (SSSR count). The molecule has 3 nitrogen and oxygen atoms in total. The minimum absolute atomic E-state index is 0.0931. The Morgan fingerprint density at radius 1 is 1.31 bits per heavy atom. The lowest BCUT2D eigenvalue weighted by atomic mass is 10.1. The van der Waals surface area contributed by atoms with Crippen molar-refractivity contribution >= 4 is 5.78 Å². The fraction of sp³-hybridized carbons (Fsp3) is 0.462. The smallest absolute Gasteiger partial charge is 0.176 e. The zero-order valence-electron chi connectivity index (χ0n) is 10.1. The highest BCUT2D eigenvalue weighted by atomic mass is 16.3. The van der Waals surface area contributed by atoms with E-state index in [0.717, 1.165) is 6.54 Å². The van der Waals surface area contributed by atoms with Crippen LogP contribution in [0.4, 0.5) is 0 Å². The van der Waals surface area contributed by atoms with Crippen molar-refractivity contribution in [3.05, 3.63) is 29.8 Å². The molecule has 0 aliphatic carbocycles. The van der Waals surface area contributed by atoms with Crippen LogP contribution < -0.4 is 0 Å². The number of phenols is 1. The van der Waals surface area contributed by atoms with Gasteiger partial charge in [0.1, 0.15) is 5.75 Å². The summed E-state index contributed by atoms with van der Waals surface area (Å²) in [4.78, 5) is 14.0. The number of carbonyl (C=O) groups excluding carboxylic acids is 1. The number of aromatic hydroxyl groups is 1. The Hall–Kier alpha value is -1.35. The van der Waals surface area contributed by atoms with Crippen LogP contribution in [0.1, 0.15) is 31.1 Å². The van der Waals surface area contributed by atoms with Crippen molar-refractivity contribution in [2.45, 2.75) is 26.8 Å². The highest BCUT2D eigenvalue weighted by molar-refractivity contribution is 5.97. The molecular formula is C13H19NO2. The molecule has 0 unspecified atom stereocenters. The van der Waals surface area contributed by atoms with Crippen LogP contribution in [0, 0.1) is 0 Å². The number of likely N-dealkylation sites (N-methyl/N-ethyl adjacent to an activating group) is 1. The standard InChI is InChI=1S/C13H19NO2/c1-4-14(10(2)3)9-13(16)11-5-7-12(15)8-6-11/h5-8,10,15H,4,9H2,1-3H3. The third kappa shape index (κ3) is 3.35. The van der Waals surface area contributed by atoms with Crippen LogP contribution >= 0.6 is 0 Å². The maximum atomic E-state index is 11.9. The van der Waals surface area contributed by atoms with E-state index in [1.54, 1.807) is 24.3 Å². The molecule has 0 heterocycles. The predicted octanol–water partition coefficient (Wildman–Crippen LogP) is 2.31. The van der Waals surface area contributed by atoms with E-state index in [9.17, 15) is 4.79 Å². The molecule has 0 saturated carbocycles. The van der Waals surface area contributed by atoms with Gasteiger partial charge in [0, 0.05) is 11.6 Å². The summed E-state index contributed by atoms with van der Waals surface area (Å²) in [5.41, 5.74) is 0.650. The van der Waals surface area contributed by atoms with Gasteiger partial charge in [0.25, 0.3) is 0 Å². The van der Waals surface area contributed by atoms with E-state index in [-0.39, 0.29) is 11.5 Å². The summed E-state index contributed by atoms with van der Waals surface area (Å²) in [5, 5.41) is 9.13. The highest BCUT2D eigenvalue weighted by Crippen LogP contribution is 2.11. The number of carbonyl (C=O) groups is 1. The molecule has 0 radical (unpaired) electrons. The Morgan fingerprint density at radius 3 is 2.31 bits per heavy atom. The largest absolute Gasteiger partial charge is 0.508 e. The predicted molar refractivity (Wildman–Crippen MR) is 64.8 cm³/mol. The summed E-state index contributed by atoms with van der Waals surface area (Å²) in [6.45, 7) is 7.49. The van der Waals surface area contributed by atoms with E-state index in [4.69, 9.17) is 5.11 Å². The summed E-state index contributed by atoms with van der Waals surface area (Å²) in [6, 6.07) is 6.76. The lowest BCUT2D eigenvalue weighted by Gasteiger charge is -2.23. The van der Waals surface area contributed by atoms with Gasteiger partial charge in [-0.2, -0.15) is 0 Å². The van der Waals surface area contributed by atoms with Crippen LogP contribution in [-0.4, -0.2) is 34.9 Å². The fourth-order valence-corrected chi connectivity index (χ4v) is 1.58. The lowest BCUT2D eigenvalue weighted by Crippen LogP contribution is -2.35. The van der Waals surface area contributed by atoms with Crippen LogP contribution in [0.3, 0.4) is 0 Å². The number of nitrogens with zero attached hydrogens (tertiary/aromatic N) is 1. The Kier molecular flexibility index (Phi) is 4.50. The molecule has 0 aliphatic rings. The average Bonchev–Trinajstić information content (AvgIpc) is 2.26. The van der Waals surface area contributed by atoms with Crippen LogP contribution in [0.2, 0.25) is 0 Å². The summed E-state index contributed by atoms with van der Waals surface area (Å²) in [7, 11) is 0. The number of hydrogen-bond acceptors (Lipinski definition) is 3. The molecule has 3 heteroatoms. The number of hydrogen-bond donors (Lipinski definition) is 1. The fourth-order valence-electron chi connectivity index (χ4n) is 1.58. The van der Waals surface area contributed by atoms with Gasteiger partial charge in [0.15, 0.2) is 5.78 Å². The van der Waals surface area contributed by atoms with Crippen molar-refractivity contribution in [1.82, 2.24) is 4.90 Å². The monoisotopic (exact) mass is 221 g/mol. The van der Waals surface area contributed by atoms with Gasteiger partial charge in [0.05, 0.1) is 6.54 Å². The van der Waals surface area contributed by atoms with Gasteiger partial charge in [0.2, 0.25) is 0 Å². The van der Waals surface area contributed by atoms with Crippen LogP contribution in [0.25, 0.3) is 0 Å². The molecule has 0 atom stereocenters. The van der Waals surface area contributed by atoms with Gasteiger partial charge < -0.3 is 5.11 Å². The van der Waals surface area contributed by atoms with Gasteiger partial charge in [-0.1, -0.05) is 6.92 Å². The van der Waals surface area contributed by atoms with Crippen molar-refractivity contribution in [3.63, 3.8) is 0 Å². The maximum absolute atomic E-state index is 11.9. The van der Waals surface area contributed by atoms with E-state index in [1.165, 1.54) is 0 Å². The molecule has 0 amide bonds. The summed E-state index contributed by atoms with van der Waals surface area (Å²) in [5.74, 6) is 0.281. The first-order valence-corrected chi connectivity index (χ1v) is 5.61. The molecule has 0 spiro atoms. The Bertz CT molecular complexity index is 343. The summed E-state index contributed by atoms with van der Waals surface area (Å²) in [6.07, 6.45) is 0. The third-order valence-electron chi connectivity index (χ3n) is 2.67. The molecule has 88 valence electrons. The molecule has 1 aromatic carbocycles. The van der Waals surface area contributed by atoms with E-state index >= 15 is 0 Å². The molecule has 0 bridgehead atoms. The van der Waals surface area contributed by atoms with Crippen molar-refractivity contribution in [2.75, 3.05) is 13.1 Å². The molecule has 0 saturated heterocycles. The second-order valence-electron chi connectivity index (χ2n) is 4.13. The van der Waals surface area contributed by atoms with Crippen molar-refractivity contribution in [1.29, 1.82) is 0 Å². The van der Waals surface area contributed by atoms with Crippen molar-refractivity contribution in [3.8, 4) is 5.75 Å². The van der Waals surface area contributed by atoms with Gasteiger partial charge in [-0.05, 0) is 44.7 Å². The zero-order valence-corrected chi connectivity index (χ0v) is 10.1. The molecule has 0 fully saturated rings. The normalized spacial score (nSPS) is 11.1. The number of Topliss-reactive ketones (excluding diaryl/α,β-unsaturated/α-hetero) is 1. The van der Waals surface area contributed by atoms with Gasteiger partial charge in [-0.15, -0.1) is 0 Å². The Balaban J connectivity index is 2.68. The third-order valence-corrected chi connectivity index (χ3v) is 2.67. The van der Waals surface area contributed by atoms with E-state index in [0.29, 0.717) is 18.2 Å². The number of rotatable bonds is 5. The minimum atomic E-state index is 0.0931. The molecular weight excluding hydrogens is 202 g/mol. The van der Waals surface area contributed by atoms with Crippen LogP contribution in [0.15, 0.2) is 24.3 Å². The molecule has 16 heavy (non-hydrogen) atoms. The molecule has 0 aromatic heterocycles. The quantitative estimate of drug-likeness (QED) is 0.776. The number of ketones is 1.